The van der Waals surface area contributed by atoms with Gasteiger partial charge in [0.15, 0.2) is 0 Å². The van der Waals surface area contributed by atoms with Crippen LogP contribution in [0, 0.1) is 23.2 Å². The predicted octanol–water partition coefficient (Wildman–Crippen LogP) is 3.79. The fourth-order valence-electron chi connectivity index (χ4n) is 3.77. The third kappa shape index (κ3) is 1.36. The molecule has 3 rings (SSSR count). The molecule has 0 aromatic rings. The van der Waals surface area contributed by atoms with Crippen LogP contribution in [0.15, 0.2) is 12.7 Å². The van der Waals surface area contributed by atoms with Gasteiger partial charge < -0.3 is 0 Å². The van der Waals surface area contributed by atoms with Crippen LogP contribution in [-0.2, 0) is 0 Å². The maximum Gasteiger partial charge on any atom is 0.118 e. The molecule has 1 heteroatoms. The average Bonchev–Trinajstić information content (AvgIpc) is 2.15. The summed E-state index contributed by atoms with van der Waals surface area (Å²) in [5.74, 6) is 3.74. The van der Waals surface area contributed by atoms with Crippen molar-refractivity contribution in [2.24, 2.45) is 23.2 Å². The second-order valence-corrected chi connectivity index (χ2v) is 5.88. The minimum absolute atomic E-state index is 0.637. The largest absolute Gasteiger partial charge is 0.118 e. The molecule has 0 aromatic heterocycles. The lowest BCUT2D eigenvalue weighted by atomic mass is 9.37. The van der Waals surface area contributed by atoms with Gasteiger partial charge in [0.2, 0.25) is 0 Å². The van der Waals surface area contributed by atoms with E-state index in [-0.39, 0.29) is 0 Å². The van der Waals surface area contributed by atoms with E-state index in [0.29, 0.717) is 5.41 Å². The van der Waals surface area contributed by atoms with Crippen molar-refractivity contribution in [3.63, 3.8) is 0 Å². The highest BCUT2D eigenvalue weighted by Crippen LogP contribution is 2.64. The first kappa shape index (κ1) is 10.3. The van der Waals surface area contributed by atoms with E-state index >= 15 is 0 Å². The van der Waals surface area contributed by atoms with Crippen LogP contribution in [0.4, 0.5) is 0 Å². The monoisotopic (exact) mass is 189 g/mol. The quantitative estimate of drug-likeness (QED) is 0.468. The van der Waals surface area contributed by atoms with E-state index < -0.39 is 0 Å². The van der Waals surface area contributed by atoms with Gasteiger partial charge in [-0.3, -0.25) is 0 Å². The molecule has 3 saturated carbocycles. The van der Waals surface area contributed by atoms with Crippen molar-refractivity contribution in [3.05, 3.63) is 12.7 Å². The van der Waals surface area contributed by atoms with E-state index in [1.165, 1.54) is 12.8 Å². The zero-order valence-electron chi connectivity index (χ0n) is 9.79. The number of hydrogen-bond acceptors (Lipinski definition) is 0. The summed E-state index contributed by atoms with van der Waals surface area (Å²) in [5.41, 5.74) is 0.637. The number of fused-ring (bicyclic) bond motifs is 2. The van der Waals surface area contributed by atoms with Gasteiger partial charge in [0.25, 0.3) is 0 Å². The van der Waals surface area contributed by atoms with Crippen molar-refractivity contribution < 1.29 is 0 Å². The lowest BCUT2D eigenvalue weighted by molar-refractivity contribution is -0.0985. The Kier molecular flexibility index (Phi) is 2.53. The van der Waals surface area contributed by atoms with Crippen LogP contribution in [0.3, 0.4) is 0 Å². The minimum atomic E-state index is 0.637. The molecule has 0 aliphatic heterocycles. The topological polar surface area (TPSA) is 0 Å². The van der Waals surface area contributed by atoms with E-state index in [9.17, 15) is 0 Å². The molecule has 0 saturated heterocycles. The summed E-state index contributed by atoms with van der Waals surface area (Å²) in [6.07, 6.45) is 6.04. The lowest BCUT2D eigenvalue weighted by Gasteiger charge is -2.62. The van der Waals surface area contributed by atoms with Crippen molar-refractivity contribution in [1.82, 2.24) is 0 Å². The average molecular weight is 189 g/mol. The van der Waals surface area contributed by atoms with Gasteiger partial charge in [-0.2, -0.15) is 0 Å². The molecule has 0 aromatic carbocycles. The molecule has 77 valence electrons. The fourth-order valence-corrected chi connectivity index (χ4v) is 3.77. The Morgan fingerprint density at radius 1 is 1.43 bits per heavy atom. The second kappa shape index (κ2) is 3.43. The first-order valence-electron chi connectivity index (χ1n) is 6.01. The number of allylic oxidation sites excluding steroid dienone is 1. The summed E-state index contributed by atoms with van der Waals surface area (Å²) in [7, 11) is 2.49. The second-order valence-electron chi connectivity index (χ2n) is 5.88. The van der Waals surface area contributed by atoms with Gasteiger partial charge in [-0.15, -0.1) is 6.58 Å². The molecule has 0 unspecified atom stereocenters. The van der Waals surface area contributed by atoms with Gasteiger partial charge in [0, 0.05) is 0 Å². The van der Waals surface area contributed by atoms with Crippen molar-refractivity contribution in [1.29, 1.82) is 0 Å². The Labute approximate surface area is 89.4 Å². The highest BCUT2D eigenvalue weighted by Gasteiger charge is 2.55. The van der Waals surface area contributed by atoms with Gasteiger partial charge in [0.05, 0.1) is 0 Å². The Morgan fingerprint density at radius 2 is 2.14 bits per heavy atom. The smallest absolute Gasteiger partial charge is 0.104 e. The molecule has 2 bridgehead atoms. The lowest BCUT2D eigenvalue weighted by Crippen LogP contribution is -2.54. The summed E-state index contributed by atoms with van der Waals surface area (Å²) in [6.45, 7) is 11.2. The van der Waals surface area contributed by atoms with E-state index in [1.807, 2.05) is 6.08 Å². The van der Waals surface area contributed by atoms with E-state index in [4.69, 9.17) is 0 Å². The Balaban J connectivity index is 1.97. The first-order chi connectivity index (χ1) is 6.57. The van der Waals surface area contributed by atoms with Crippen LogP contribution < -0.4 is 0 Å². The van der Waals surface area contributed by atoms with Crippen molar-refractivity contribution in [2.75, 3.05) is 0 Å². The van der Waals surface area contributed by atoms with Crippen LogP contribution in [-0.4, -0.2) is 7.28 Å². The standard InChI is InChI=1S/C13H22B/c1-5-6-14-12-8-10-7-11(9(12)2)13(10,3)4/h5,9-12H,1,6-8H2,2-4H3/t9-,10-,11+,12-/m1/s1. The van der Waals surface area contributed by atoms with Crippen molar-refractivity contribution in [3.8, 4) is 0 Å². The van der Waals surface area contributed by atoms with Gasteiger partial charge in [0.1, 0.15) is 7.28 Å². The molecule has 0 heterocycles. The normalized spacial score (nSPS) is 43.9. The summed E-state index contributed by atoms with van der Waals surface area (Å²) in [6, 6.07) is 0. The molecule has 3 aliphatic carbocycles. The molecule has 0 amide bonds. The summed E-state index contributed by atoms with van der Waals surface area (Å²) in [4.78, 5) is 0. The zero-order valence-corrected chi connectivity index (χ0v) is 9.79. The Hall–Kier alpha value is -0.195. The Morgan fingerprint density at radius 3 is 2.64 bits per heavy atom. The van der Waals surface area contributed by atoms with Crippen LogP contribution in [0.25, 0.3) is 0 Å². The highest BCUT2D eigenvalue weighted by atomic mass is 14.6. The molecular formula is C13H22B. The van der Waals surface area contributed by atoms with E-state index in [1.54, 1.807) is 0 Å². The van der Waals surface area contributed by atoms with E-state index in [0.717, 1.165) is 29.9 Å². The van der Waals surface area contributed by atoms with Crippen molar-refractivity contribution in [2.45, 2.75) is 45.8 Å². The Bertz CT molecular complexity index is 231. The molecule has 3 fully saturated rings. The third-order valence-electron chi connectivity index (χ3n) is 5.02. The van der Waals surface area contributed by atoms with Crippen LogP contribution in [0.1, 0.15) is 33.6 Å². The molecule has 0 spiro atoms. The maximum atomic E-state index is 3.80. The molecule has 0 N–H and O–H groups in total. The van der Waals surface area contributed by atoms with Gasteiger partial charge in [-0.25, -0.2) is 0 Å². The van der Waals surface area contributed by atoms with Crippen LogP contribution in [0.5, 0.6) is 0 Å². The molecular weight excluding hydrogens is 167 g/mol. The first-order valence-corrected chi connectivity index (χ1v) is 6.01. The van der Waals surface area contributed by atoms with Crippen LogP contribution >= 0.6 is 0 Å². The highest BCUT2D eigenvalue weighted by molar-refractivity contribution is 6.38. The van der Waals surface area contributed by atoms with Gasteiger partial charge in [-0.1, -0.05) is 45.4 Å². The van der Waals surface area contributed by atoms with Crippen LogP contribution in [0.2, 0.25) is 12.1 Å². The summed E-state index contributed by atoms with van der Waals surface area (Å²) >= 11 is 0. The molecule has 1 radical (unpaired) electrons. The summed E-state index contributed by atoms with van der Waals surface area (Å²) < 4.78 is 0. The molecule has 14 heavy (non-hydrogen) atoms. The fraction of sp³-hybridized carbons (Fsp3) is 0.846. The predicted molar refractivity (Wildman–Crippen MR) is 63.7 cm³/mol. The SMILES string of the molecule is C=CC[B][C@@H]1C[C@H]2C[C@@H]([C@H]1C)C2(C)C. The van der Waals surface area contributed by atoms with E-state index in [2.05, 4.69) is 34.6 Å². The third-order valence-corrected chi connectivity index (χ3v) is 5.02. The maximum absolute atomic E-state index is 3.80. The molecule has 3 aliphatic rings. The number of rotatable bonds is 3. The van der Waals surface area contributed by atoms with Gasteiger partial charge >= 0.3 is 0 Å². The molecule has 4 atom stereocenters. The zero-order chi connectivity index (χ0) is 10.3. The minimum Gasteiger partial charge on any atom is -0.104 e. The molecule has 0 nitrogen and oxygen atoms in total. The summed E-state index contributed by atoms with van der Waals surface area (Å²) in [5, 5.41) is 0. The number of hydrogen-bond donors (Lipinski definition) is 0. The van der Waals surface area contributed by atoms with Gasteiger partial charge in [-0.05, 0) is 29.6 Å². The van der Waals surface area contributed by atoms with Crippen molar-refractivity contribution >= 4 is 7.28 Å².